The van der Waals surface area contributed by atoms with Crippen LogP contribution in [-0.2, 0) is 0 Å². The number of aryl methyl sites for hydroxylation is 1. The maximum atomic E-state index is 13.1. The molecule has 3 heterocycles. The molecule has 1 aliphatic heterocycles. The number of amides is 1. The Kier molecular flexibility index (Phi) is 4.85. The summed E-state index contributed by atoms with van der Waals surface area (Å²) in [5.74, 6) is 0.638. The van der Waals surface area contributed by atoms with Crippen LogP contribution in [0.1, 0.15) is 48.8 Å². The van der Waals surface area contributed by atoms with Crippen LogP contribution in [0.15, 0.2) is 12.3 Å². The van der Waals surface area contributed by atoms with E-state index in [1.54, 1.807) is 6.20 Å². The highest BCUT2D eigenvalue weighted by molar-refractivity contribution is 6.05. The average molecular weight is 329 g/mol. The van der Waals surface area contributed by atoms with Crippen molar-refractivity contribution in [3.8, 4) is 0 Å². The highest BCUT2D eigenvalue weighted by Crippen LogP contribution is 2.24. The Labute approximate surface area is 143 Å². The molecule has 6 heteroatoms. The minimum absolute atomic E-state index is 0.106. The Morgan fingerprint density at radius 2 is 2.25 bits per heavy atom. The number of aromatic nitrogens is 3. The molecule has 0 radical (unpaired) electrons. The van der Waals surface area contributed by atoms with Gasteiger partial charge in [-0.3, -0.25) is 4.79 Å². The second-order valence-electron chi connectivity index (χ2n) is 7.05. The van der Waals surface area contributed by atoms with Crippen molar-refractivity contribution in [3.05, 3.63) is 23.5 Å². The van der Waals surface area contributed by atoms with Gasteiger partial charge >= 0.3 is 0 Å². The molecule has 1 amide bonds. The minimum atomic E-state index is 0.106. The van der Waals surface area contributed by atoms with Gasteiger partial charge in [0, 0.05) is 24.8 Å². The van der Waals surface area contributed by atoms with E-state index in [1.165, 1.54) is 6.42 Å². The number of pyridine rings is 1. The first kappa shape index (κ1) is 16.9. The maximum Gasteiger partial charge on any atom is 0.254 e. The van der Waals surface area contributed by atoms with Gasteiger partial charge in [0.15, 0.2) is 5.65 Å². The third-order valence-corrected chi connectivity index (χ3v) is 4.71. The molecule has 1 aliphatic rings. The van der Waals surface area contributed by atoms with Crippen molar-refractivity contribution in [1.29, 1.82) is 0 Å². The smallest absolute Gasteiger partial charge is 0.254 e. The standard InChI is InChI=1S/C18H27N5O/c1-12(2)23-17-16(10-20-23)15(8-13(3)21-17)18(24)22-7-5-6-14(11-22)9-19-4/h8,10,12,14,19H,5-7,9,11H2,1-4H3. The van der Waals surface area contributed by atoms with Crippen molar-refractivity contribution in [2.24, 2.45) is 5.92 Å². The lowest BCUT2D eigenvalue weighted by Crippen LogP contribution is -2.42. The first-order valence-electron chi connectivity index (χ1n) is 8.80. The summed E-state index contributed by atoms with van der Waals surface area (Å²) in [6.07, 6.45) is 4.03. The summed E-state index contributed by atoms with van der Waals surface area (Å²) < 4.78 is 1.89. The topological polar surface area (TPSA) is 63.1 Å². The van der Waals surface area contributed by atoms with Crippen LogP contribution in [0.3, 0.4) is 0 Å². The zero-order chi connectivity index (χ0) is 17.3. The average Bonchev–Trinajstić information content (AvgIpc) is 2.98. The lowest BCUT2D eigenvalue weighted by atomic mass is 9.97. The molecule has 24 heavy (non-hydrogen) atoms. The van der Waals surface area contributed by atoms with Crippen molar-refractivity contribution in [1.82, 2.24) is 25.0 Å². The second-order valence-corrected chi connectivity index (χ2v) is 7.05. The summed E-state index contributed by atoms with van der Waals surface area (Å²) >= 11 is 0. The van der Waals surface area contributed by atoms with Crippen LogP contribution in [-0.4, -0.2) is 52.3 Å². The van der Waals surface area contributed by atoms with Crippen molar-refractivity contribution >= 4 is 16.9 Å². The molecule has 0 bridgehead atoms. The summed E-state index contributed by atoms with van der Waals surface area (Å²) in [6.45, 7) is 8.70. The molecule has 0 spiro atoms. The molecule has 1 atom stereocenters. The first-order valence-corrected chi connectivity index (χ1v) is 8.80. The van der Waals surface area contributed by atoms with E-state index in [9.17, 15) is 4.79 Å². The summed E-state index contributed by atoms with van der Waals surface area (Å²) in [7, 11) is 1.97. The molecule has 1 unspecified atom stereocenters. The highest BCUT2D eigenvalue weighted by atomic mass is 16.2. The lowest BCUT2D eigenvalue weighted by molar-refractivity contribution is 0.0676. The third-order valence-electron chi connectivity index (χ3n) is 4.71. The first-order chi connectivity index (χ1) is 11.5. The molecule has 1 N–H and O–H groups in total. The Morgan fingerprint density at radius 1 is 1.46 bits per heavy atom. The zero-order valence-electron chi connectivity index (χ0n) is 15.0. The Hall–Kier alpha value is -1.95. The molecule has 0 saturated carbocycles. The fourth-order valence-corrected chi connectivity index (χ4v) is 3.57. The van der Waals surface area contributed by atoms with Gasteiger partial charge < -0.3 is 10.2 Å². The molecule has 2 aromatic heterocycles. The summed E-state index contributed by atoms with van der Waals surface area (Å²) in [6, 6.07) is 2.12. The molecule has 3 rings (SSSR count). The van der Waals surface area contributed by atoms with Crippen LogP contribution in [0.4, 0.5) is 0 Å². The quantitative estimate of drug-likeness (QED) is 0.935. The fraction of sp³-hybridized carbons (Fsp3) is 0.611. The van der Waals surface area contributed by atoms with Crippen molar-refractivity contribution in [2.75, 3.05) is 26.7 Å². The van der Waals surface area contributed by atoms with Gasteiger partial charge in [-0.15, -0.1) is 0 Å². The van der Waals surface area contributed by atoms with Gasteiger partial charge in [-0.1, -0.05) is 0 Å². The second kappa shape index (κ2) is 6.89. The number of likely N-dealkylation sites (tertiary alicyclic amines) is 1. The molecular weight excluding hydrogens is 302 g/mol. The molecule has 0 aromatic carbocycles. The van der Waals surface area contributed by atoms with Gasteiger partial charge in [0.05, 0.1) is 17.1 Å². The number of fused-ring (bicyclic) bond motifs is 1. The maximum absolute atomic E-state index is 13.1. The number of piperidine rings is 1. The van der Waals surface area contributed by atoms with Crippen molar-refractivity contribution < 1.29 is 4.79 Å². The van der Waals surface area contributed by atoms with Gasteiger partial charge in [0.25, 0.3) is 5.91 Å². The minimum Gasteiger partial charge on any atom is -0.338 e. The summed E-state index contributed by atoms with van der Waals surface area (Å²) in [4.78, 5) is 19.7. The van der Waals surface area contributed by atoms with Crippen LogP contribution in [0, 0.1) is 12.8 Å². The van der Waals surface area contributed by atoms with E-state index in [-0.39, 0.29) is 11.9 Å². The van der Waals surface area contributed by atoms with Crippen LogP contribution >= 0.6 is 0 Å². The molecular formula is C18H27N5O. The largest absolute Gasteiger partial charge is 0.338 e. The van der Waals surface area contributed by atoms with Gasteiger partial charge in [0.2, 0.25) is 0 Å². The van der Waals surface area contributed by atoms with E-state index >= 15 is 0 Å². The summed E-state index contributed by atoms with van der Waals surface area (Å²) in [5, 5.41) is 8.53. The van der Waals surface area contributed by atoms with E-state index in [0.29, 0.717) is 5.92 Å². The number of carbonyl (C=O) groups is 1. The highest BCUT2D eigenvalue weighted by Gasteiger charge is 2.26. The molecule has 1 fully saturated rings. The molecule has 6 nitrogen and oxygen atoms in total. The summed E-state index contributed by atoms with van der Waals surface area (Å²) in [5.41, 5.74) is 2.39. The van der Waals surface area contributed by atoms with E-state index < -0.39 is 0 Å². The molecule has 1 saturated heterocycles. The Balaban J connectivity index is 1.95. The van der Waals surface area contributed by atoms with Gasteiger partial charge in [-0.25, -0.2) is 9.67 Å². The van der Waals surface area contributed by atoms with Gasteiger partial charge in [0.1, 0.15) is 0 Å². The predicted molar refractivity (Wildman–Crippen MR) is 95.2 cm³/mol. The van der Waals surface area contributed by atoms with E-state index in [1.807, 2.05) is 29.6 Å². The number of nitrogens with zero attached hydrogens (tertiary/aromatic N) is 4. The Bertz CT molecular complexity index is 734. The molecule has 0 aliphatic carbocycles. The van der Waals surface area contributed by atoms with Crippen LogP contribution in [0.25, 0.3) is 11.0 Å². The fourth-order valence-electron chi connectivity index (χ4n) is 3.57. The number of nitrogens with one attached hydrogen (secondary N) is 1. The number of rotatable bonds is 4. The number of hydrogen-bond acceptors (Lipinski definition) is 4. The lowest BCUT2D eigenvalue weighted by Gasteiger charge is -2.33. The SMILES string of the molecule is CNCC1CCCN(C(=O)c2cc(C)nc3c2cnn3C(C)C)C1. The van der Waals surface area contributed by atoms with Crippen LogP contribution < -0.4 is 5.32 Å². The third kappa shape index (κ3) is 3.15. The van der Waals surface area contributed by atoms with Crippen molar-refractivity contribution in [2.45, 2.75) is 39.7 Å². The molecule has 130 valence electrons. The van der Waals surface area contributed by atoms with Gasteiger partial charge in [-0.05, 0) is 59.2 Å². The predicted octanol–water partition coefficient (Wildman–Crippen LogP) is 2.39. The Morgan fingerprint density at radius 3 is 2.96 bits per heavy atom. The molecule has 2 aromatic rings. The normalized spacial score (nSPS) is 18.5. The zero-order valence-corrected chi connectivity index (χ0v) is 15.0. The van der Waals surface area contributed by atoms with E-state index in [2.05, 4.69) is 29.2 Å². The van der Waals surface area contributed by atoms with Crippen LogP contribution in [0.5, 0.6) is 0 Å². The number of carbonyl (C=O) groups excluding carboxylic acids is 1. The van der Waals surface area contributed by atoms with E-state index in [4.69, 9.17) is 0 Å². The van der Waals surface area contributed by atoms with Gasteiger partial charge in [-0.2, -0.15) is 5.10 Å². The van der Waals surface area contributed by atoms with E-state index in [0.717, 1.165) is 48.3 Å². The van der Waals surface area contributed by atoms with Crippen molar-refractivity contribution in [3.63, 3.8) is 0 Å². The number of hydrogen-bond donors (Lipinski definition) is 1. The monoisotopic (exact) mass is 329 g/mol. The van der Waals surface area contributed by atoms with Crippen LogP contribution in [0.2, 0.25) is 0 Å².